The van der Waals surface area contributed by atoms with Crippen LogP contribution in [0.4, 0.5) is 0 Å². The number of esters is 1. The zero-order chi connectivity index (χ0) is 23.8. The predicted octanol–water partition coefficient (Wildman–Crippen LogP) is 6.95. The topological polar surface area (TPSA) is 48.3 Å². The minimum absolute atomic E-state index is 0.0679. The van der Waals surface area contributed by atoms with Gasteiger partial charge in [-0.25, -0.2) is 0 Å². The summed E-state index contributed by atoms with van der Waals surface area (Å²) in [5, 5.41) is 1.52. The van der Waals surface area contributed by atoms with E-state index in [0.717, 1.165) is 47.8 Å². The van der Waals surface area contributed by atoms with Crippen LogP contribution in [0.2, 0.25) is 5.02 Å². The third kappa shape index (κ3) is 6.70. The maximum atomic E-state index is 13.4. The normalized spacial score (nSPS) is 12.1. The van der Waals surface area contributed by atoms with Gasteiger partial charge in [0.25, 0.3) is 0 Å². The maximum absolute atomic E-state index is 13.4. The molecule has 4 nitrogen and oxygen atoms in total. The van der Waals surface area contributed by atoms with Crippen molar-refractivity contribution < 1.29 is 14.3 Å². The first-order chi connectivity index (χ1) is 15.9. The van der Waals surface area contributed by atoms with Crippen molar-refractivity contribution in [3.05, 3.63) is 70.4 Å². The van der Waals surface area contributed by atoms with Crippen molar-refractivity contribution in [1.82, 2.24) is 4.57 Å². The zero-order valence-electron chi connectivity index (χ0n) is 19.9. The lowest BCUT2D eigenvalue weighted by atomic mass is 9.94. The summed E-state index contributed by atoms with van der Waals surface area (Å²) in [6, 6.07) is 16.3. The molecule has 0 amide bonds. The summed E-state index contributed by atoms with van der Waals surface area (Å²) in [5.41, 5.74) is 4.22. The second-order valence-electron chi connectivity index (χ2n) is 8.95. The lowest BCUT2D eigenvalue weighted by Gasteiger charge is -2.11. The summed E-state index contributed by atoms with van der Waals surface area (Å²) < 4.78 is 6.90. The Morgan fingerprint density at radius 2 is 1.67 bits per heavy atom. The van der Waals surface area contributed by atoms with Crippen LogP contribution < -0.4 is 0 Å². The van der Waals surface area contributed by atoms with Crippen LogP contribution in [0.1, 0.15) is 67.1 Å². The molecule has 176 valence electrons. The number of aromatic nitrogens is 1. The van der Waals surface area contributed by atoms with Gasteiger partial charge in [0.1, 0.15) is 0 Å². The highest BCUT2D eigenvalue weighted by atomic mass is 35.5. The summed E-state index contributed by atoms with van der Waals surface area (Å²) >= 11 is 6.28. The summed E-state index contributed by atoms with van der Waals surface area (Å²) in [6.45, 7) is 1.92. The summed E-state index contributed by atoms with van der Waals surface area (Å²) in [5.74, 6) is -0.296. The van der Waals surface area contributed by atoms with Gasteiger partial charge in [0.05, 0.1) is 7.11 Å². The highest BCUT2D eigenvalue weighted by Gasteiger charge is 2.23. The number of nitrogens with zero attached hydrogens (tertiary/aromatic N) is 1. The fraction of sp³-hybridized carbons (Fsp3) is 0.429. The van der Waals surface area contributed by atoms with Crippen molar-refractivity contribution in [3.63, 3.8) is 0 Å². The van der Waals surface area contributed by atoms with Crippen LogP contribution in [-0.4, -0.2) is 23.4 Å². The minimum atomic E-state index is -0.285. The first kappa shape index (κ1) is 25.0. The molecule has 0 spiro atoms. The van der Waals surface area contributed by atoms with E-state index in [1.807, 2.05) is 32.2 Å². The number of fused-ring (bicyclic) bond motifs is 1. The van der Waals surface area contributed by atoms with E-state index in [4.69, 9.17) is 16.3 Å². The Morgan fingerprint density at radius 1 is 0.970 bits per heavy atom. The molecule has 2 aromatic carbocycles. The molecule has 0 bridgehead atoms. The Bertz CT molecular complexity index is 1090. The number of carbonyl (C=O) groups excluding carboxylic acids is 2. The van der Waals surface area contributed by atoms with Crippen LogP contribution in [0.3, 0.4) is 0 Å². The zero-order valence-corrected chi connectivity index (χ0v) is 20.7. The highest BCUT2D eigenvalue weighted by Crippen LogP contribution is 2.31. The largest absolute Gasteiger partial charge is 0.469 e. The maximum Gasteiger partial charge on any atom is 0.305 e. The molecule has 0 aliphatic rings. The van der Waals surface area contributed by atoms with Gasteiger partial charge in [-0.05, 0) is 55.4 Å². The number of aryl methyl sites for hydroxylation is 2. The Morgan fingerprint density at radius 3 is 2.36 bits per heavy atom. The lowest BCUT2D eigenvalue weighted by molar-refractivity contribution is -0.141. The Kier molecular flexibility index (Phi) is 9.13. The molecule has 1 heterocycles. The molecular weight excluding hydrogens is 434 g/mol. The first-order valence-corrected chi connectivity index (χ1v) is 12.2. The molecule has 0 unspecified atom stereocenters. The standard InChI is InChI=1S/C28H34ClNO3/c1-20(18-27(32)33-3)17-26(31)28-23-19-22(29)15-16-24(23)30(2)25(28)14-10-5-4-7-11-21-12-8-6-9-13-21/h6,8-9,12-13,15-16,19-20H,4-5,7,10-11,14,17-18H2,1-3H3/t20-/m0/s1. The van der Waals surface area contributed by atoms with E-state index in [0.29, 0.717) is 11.4 Å². The third-order valence-electron chi connectivity index (χ3n) is 6.31. The number of benzene rings is 2. The van der Waals surface area contributed by atoms with Crippen LogP contribution in [-0.2, 0) is 29.4 Å². The van der Waals surface area contributed by atoms with Crippen LogP contribution in [0.25, 0.3) is 10.9 Å². The number of Topliss-reactive ketones (excluding diaryl/α,β-unsaturated/α-hetero) is 1. The molecule has 0 saturated heterocycles. The van der Waals surface area contributed by atoms with Crippen LogP contribution >= 0.6 is 11.6 Å². The van der Waals surface area contributed by atoms with Crippen molar-refractivity contribution in [1.29, 1.82) is 0 Å². The number of carbonyl (C=O) groups is 2. The van der Waals surface area contributed by atoms with Gasteiger partial charge in [-0.1, -0.05) is 61.7 Å². The second-order valence-corrected chi connectivity index (χ2v) is 9.39. The monoisotopic (exact) mass is 467 g/mol. The molecule has 5 heteroatoms. The van der Waals surface area contributed by atoms with Crippen molar-refractivity contribution >= 4 is 34.3 Å². The smallest absolute Gasteiger partial charge is 0.305 e. The Balaban J connectivity index is 1.69. The van der Waals surface area contributed by atoms with Gasteiger partial charge in [0.2, 0.25) is 0 Å². The number of ketones is 1. The highest BCUT2D eigenvalue weighted by molar-refractivity contribution is 6.31. The molecule has 0 aliphatic carbocycles. The first-order valence-electron chi connectivity index (χ1n) is 11.8. The van der Waals surface area contributed by atoms with Gasteiger partial charge < -0.3 is 9.30 Å². The van der Waals surface area contributed by atoms with Crippen molar-refractivity contribution in [3.8, 4) is 0 Å². The van der Waals surface area contributed by atoms with Crippen LogP contribution in [0.5, 0.6) is 0 Å². The predicted molar refractivity (Wildman–Crippen MR) is 135 cm³/mol. The average molecular weight is 468 g/mol. The molecule has 3 aromatic rings. The number of rotatable bonds is 12. The van der Waals surface area contributed by atoms with E-state index in [9.17, 15) is 9.59 Å². The molecule has 3 rings (SSSR count). The van der Waals surface area contributed by atoms with Crippen molar-refractivity contribution in [2.24, 2.45) is 13.0 Å². The molecule has 1 aromatic heterocycles. The fourth-order valence-electron chi connectivity index (χ4n) is 4.55. The van der Waals surface area contributed by atoms with Gasteiger partial charge in [-0.15, -0.1) is 0 Å². The molecule has 0 N–H and O–H groups in total. The summed E-state index contributed by atoms with van der Waals surface area (Å²) in [6.07, 6.45) is 7.01. The molecule has 1 atom stereocenters. The quantitative estimate of drug-likeness (QED) is 0.164. The number of methoxy groups -OCH3 is 1. The van der Waals surface area contributed by atoms with E-state index >= 15 is 0 Å². The van der Waals surface area contributed by atoms with Crippen molar-refractivity contribution in [2.45, 2.75) is 58.3 Å². The van der Waals surface area contributed by atoms with E-state index < -0.39 is 0 Å². The lowest BCUT2D eigenvalue weighted by Crippen LogP contribution is -2.13. The van der Waals surface area contributed by atoms with Gasteiger partial charge in [-0.3, -0.25) is 9.59 Å². The summed E-state index contributed by atoms with van der Waals surface area (Å²) in [7, 11) is 3.40. The van der Waals surface area contributed by atoms with E-state index in [1.165, 1.54) is 25.5 Å². The van der Waals surface area contributed by atoms with E-state index in [2.05, 4.69) is 34.9 Å². The molecule has 0 aliphatic heterocycles. The number of unbranched alkanes of at least 4 members (excludes halogenated alkanes) is 3. The van der Waals surface area contributed by atoms with Gasteiger partial charge in [-0.2, -0.15) is 0 Å². The summed E-state index contributed by atoms with van der Waals surface area (Å²) in [4.78, 5) is 25.0. The van der Waals surface area contributed by atoms with E-state index in [1.54, 1.807) is 0 Å². The second kappa shape index (κ2) is 12.0. The van der Waals surface area contributed by atoms with Gasteiger partial charge >= 0.3 is 5.97 Å². The Labute approximate surface area is 201 Å². The molecule has 0 fully saturated rings. The van der Waals surface area contributed by atoms with E-state index in [-0.39, 0.29) is 24.1 Å². The number of hydrogen-bond acceptors (Lipinski definition) is 3. The number of ether oxygens (including phenoxy) is 1. The van der Waals surface area contributed by atoms with Crippen LogP contribution in [0.15, 0.2) is 48.5 Å². The average Bonchev–Trinajstić information content (AvgIpc) is 3.07. The SMILES string of the molecule is COC(=O)C[C@@H](C)CC(=O)c1c(CCCCCCc2ccccc2)n(C)c2ccc(Cl)cc12. The van der Waals surface area contributed by atoms with Gasteiger partial charge in [0, 0.05) is 47.1 Å². The third-order valence-corrected chi connectivity index (χ3v) is 6.55. The van der Waals surface area contributed by atoms with Crippen LogP contribution in [0, 0.1) is 5.92 Å². The minimum Gasteiger partial charge on any atom is -0.469 e. The number of hydrogen-bond donors (Lipinski definition) is 0. The molecular formula is C28H34ClNO3. The number of halogens is 1. The van der Waals surface area contributed by atoms with Gasteiger partial charge in [0.15, 0.2) is 5.78 Å². The fourth-order valence-corrected chi connectivity index (χ4v) is 4.72. The molecule has 33 heavy (non-hydrogen) atoms. The molecule has 0 radical (unpaired) electrons. The molecule has 0 saturated carbocycles. The van der Waals surface area contributed by atoms with Crippen molar-refractivity contribution in [2.75, 3.05) is 7.11 Å². The Hall–Kier alpha value is -2.59.